The van der Waals surface area contributed by atoms with Gasteiger partial charge < -0.3 is 19.3 Å². The molecule has 1 heterocycles. The molecule has 2 rings (SSSR count). The van der Waals surface area contributed by atoms with Gasteiger partial charge in [0.1, 0.15) is 12.3 Å². The quantitative estimate of drug-likeness (QED) is 0.724. The second kappa shape index (κ2) is 8.65. The van der Waals surface area contributed by atoms with Crippen LogP contribution in [0.15, 0.2) is 24.3 Å². The van der Waals surface area contributed by atoms with E-state index in [1.54, 1.807) is 24.0 Å². The average Bonchev–Trinajstić information content (AvgIpc) is 2.60. The summed E-state index contributed by atoms with van der Waals surface area (Å²) in [5.41, 5.74) is 0.824. The van der Waals surface area contributed by atoms with Crippen LogP contribution >= 0.6 is 0 Å². The molecular weight excluding hydrogens is 310 g/mol. The minimum atomic E-state index is -0.0701. The van der Waals surface area contributed by atoms with E-state index in [0.29, 0.717) is 32.8 Å². The molecule has 1 saturated heterocycles. The number of hydrogen-bond donors (Lipinski definition) is 0. The van der Waals surface area contributed by atoms with E-state index in [1.165, 1.54) is 0 Å². The monoisotopic (exact) mass is 335 g/mol. The molecule has 1 fully saturated rings. The minimum Gasteiger partial charge on any atom is -0.497 e. The molecule has 0 atom stereocenters. The van der Waals surface area contributed by atoms with Crippen LogP contribution in [0.1, 0.15) is 0 Å². The molecule has 1 aromatic carbocycles. The number of amides is 2. The number of carbonyl (C=O) groups is 2. The number of anilines is 1. The summed E-state index contributed by atoms with van der Waals surface area (Å²) < 4.78 is 10.1. The number of piperazine rings is 1. The van der Waals surface area contributed by atoms with E-state index >= 15 is 0 Å². The van der Waals surface area contributed by atoms with Crippen molar-refractivity contribution in [3.05, 3.63) is 24.3 Å². The van der Waals surface area contributed by atoms with Gasteiger partial charge in [-0.25, -0.2) is 0 Å². The summed E-state index contributed by atoms with van der Waals surface area (Å²) in [5.74, 6) is 0.648. The van der Waals surface area contributed by atoms with E-state index in [9.17, 15) is 9.59 Å². The van der Waals surface area contributed by atoms with Crippen molar-refractivity contribution in [2.75, 3.05) is 65.5 Å². The third-order valence-electron chi connectivity index (χ3n) is 4.04. The molecule has 1 aliphatic rings. The van der Waals surface area contributed by atoms with Gasteiger partial charge in [0.25, 0.3) is 0 Å². The largest absolute Gasteiger partial charge is 0.497 e. The molecule has 0 aromatic heterocycles. The molecular formula is C17H25N3O4. The summed E-state index contributed by atoms with van der Waals surface area (Å²) in [7, 11) is 5.10. The number of hydrogen-bond acceptors (Lipinski definition) is 5. The van der Waals surface area contributed by atoms with Crippen LogP contribution in [0, 0.1) is 0 Å². The van der Waals surface area contributed by atoms with Crippen LogP contribution in [-0.2, 0) is 14.3 Å². The van der Waals surface area contributed by atoms with Gasteiger partial charge in [0, 0.05) is 32.4 Å². The highest BCUT2D eigenvalue weighted by Crippen LogP contribution is 2.21. The fourth-order valence-electron chi connectivity index (χ4n) is 2.58. The van der Waals surface area contributed by atoms with E-state index in [4.69, 9.17) is 9.47 Å². The Morgan fingerprint density at radius 1 is 1.21 bits per heavy atom. The van der Waals surface area contributed by atoms with Crippen molar-refractivity contribution in [2.45, 2.75) is 0 Å². The third kappa shape index (κ3) is 4.69. The molecule has 7 nitrogen and oxygen atoms in total. The number of carbonyl (C=O) groups excluding carboxylic acids is 2. The number of benzene rings is 1. The van der Waals surface area contributed by atoms with Crippen LogP contribution in [-0.4, -0.2) is 82.2 Å². The van der Waals surface area contributed by atoms with Gasteiger partial charge in [-0.15, -0.1) is 0 Å². The van der Waals surface area contributed by atoms with Gasteiger partial charge in [-0.05, 0) is 31.3 Å². The van der Waals surface area contributed by atoms with Crippen LogP contribution in [0.4, 0.5) is 5.69 Å². The smallest absolute Gasteiger partial charge is 0.246 e. The maximum absolute atomic E-state index is 12.4. The summed E-state index contributed by atoms with van der Waals surface area (Å²) in [4.78, 5) is 29.9. The Kier molecular flexibility index (Phi) is 6.57. The van der Waals surface area contributed by atoms with Gasteiger partial charge in [0.05, 0.1) is 20.3 Å². The molecule has 24 heavy (non-hydrogen) atoms. The second-order valence-electron chi connectivity index (χ2n) is 5.79. The lowest BCUT2D eigenvalue weighted by Crippen LogP contribution is -2.54. The second-order valence-corrected chi connectivity index (χ2v) is 5.79. The van der Waals surface area contributed by atoms with Crippen molar-refractivity contribution in [1.29, 1.82) is 0 Å². The average molecular weight is 335 g/mol. The molecule has 1 aromatic rings. The van der Waals surface area contributed by atoms with Gasteiger partial charge >= 0.3 is 0 Å². The molecule has 0 radical (unpaired) electrons. The Morgan fingerprint density at radius 3 is 2.50 bits per heavy atom. The zero-order chi connectivity index (χ0) is 17.5. The summed E-state index contributed by atoms with van der Waals surface area (Å²) in [5, 5.41) is 0. The molecule has 0 spiro atoms. The predicted molar refractivity (Wildman–Crippen MR) is 91.3 cm³/mol. The topological polar surface area (TPSA) is 62.3 Å². The molecule has 0 saturated carbocycles. The summed E-state index contributed by atoms with van der Waals surface area (Å²) >= 11 is 0. The van der Waals surface area contributed by atoms with Gasteiger partial charge in [-0.3, -0.25) is 14.5 Å². The first-order valence-corrected chi connectivity index (χ1v) is 7.95. The summed E-state index contributed by atoms with van der Waals surface area (Å²) in [6, 6.07) is 7.36. The third-order valence-corrected chi connectivity index (χ3v) is 4.04. The van der Waals surface area contributed by atoms with Crippen molar-refractivity contribution in [3.8, 4) is 5.75 Å². The first kappa shape index (κ1) is 18.2. The minimum absolute atomic E-state index is 0.0312. The Bertz CT molecular complexity index is 561. The Labute approximate surface area is 142 Å². The maximum atomic E-state index is 12.4. The van der Waals surface area contributed by atoms with Crippen LogP contribution < -0.4 is 9.64 Å². The highest BCUT2D eigenvalue weighted by atomic mass is 16.5. The lowest BCUT2D eigenvalue weighted by Gasteiger charge is -2.35. The van der Waals surface area contributed by atoms with Crippen LogP contribution in [0.5, 0.6) is 5.75 Å². The first-order valence-electron chi connectivity index (χ1n) is 7.95. The summed E-state index contributed by atoms with van der Waals surface area (Å²) in [6.45, 7) is 2.70. The molecule has 0 unspecified atom stereocenters. The maximum Gasteiger partial charge on any atom is 0.246 e. The molecule has 132 valence electrons. The van der Waals surface area contributed by atoms with Gasteiger partial charge in [0.15, 0.2) is 0 Å². The lowest BCUT2D eigenvalue weighted by atomic mass is 10.2. The molecule has 7 heteroatoms. The van der Waals surface area contributed by atoms with Crippen molar-refractivity contribution in [2.24, 2.45) is 0 Å². The van der Waals surface area contributed by atoms with Gasteiger partial charge in [-0.1, -0.05) is 0 Å². The molecule has 0 aliphatic carbocycles. The molecule has 2 amide bonds. The van der Waals surface area contributed by atoms with Gasteiger partial charge in [-0.2, -0.15) is 0 Å². The van der Waals surface area contributed by atoms with E-state index in [1.807, 2.05) is 36.2 Å². The molecule has 0 bridgehead atoms. The zero-order valence-electron chi connectivity index (χ0n) is 14.5. The fourth-order valence-corrected chi connectivity index (χ4v) is 2.58. The number of rotatable bonds is 7. The Morgan fingerprint density at radius 2 is 1.92 bits per heavy atom. The highest BCUT2D eigenvalue weighted by Gasteiger charge is 2.28. The number of nitrogens with zero attached hydrogens (tertiary/aromatic N) is 3. The van der Waals surface area contributed by atoms with Crippen molar-refractivity contribution in [1.82, 2.24) is 9.80 Å². The molecule has 1 aliphatic heterocycles. The van der Waals surface area contributed by atoms with E-state index in [2.05, 4.69) is 0 Å². The van der Waals surface area contributed by atoms with E-state index in [0.717, 1.165) is 11.4 Å². The Hall–Kier alpha value is -2.12. The fraction of sp³-hybridized carbons (Fsp3) is 0.529. The first-order chi connectivity index (χ1) is 11.5. The zero-order valence-corrected chi connectivity index (χ0v) is 14.5. The standard InChI is InChI=1S/C17H25N3O4/c1-18(10-11-23-2)12-16(21)19-8-9-20(17(22)13-19)14-4-6-15(24-3)7-5-14/h4-7H,8-13H2,1-3H3. The number of methoxy groups -OCH3 is 2. The van der Waals surface area contributed by atoms with Crippen molar-refractivity contribution >= 4 is 17.5 Å². The summed E-state index contributed by atoms with van der Waals surface area (Å²) in [6.07, 6.45) is 0. The highest BCUT2D eigenvalue weighted by molar-refractivity contribution is 5.98. The van der Waals surface area contributed by atoms with Crippen molar-refractivity contribution in [3.63, 3.8) is 0 Å². The number of ether oxygens (including phenoxy) is 2. The van der Waals surface area contributed by atoms with E-state index < -0.39 is 0 Å². The molecule has 0 N–H and O–H groups in total. The van der Waals surface area contributed by atoms with E-state index in [-0.39, 0.29) is 18.4 Å². The lowest BCUT2D eigenvalue weighted by molar-refractivity contribution is -0.137. The van der Waals surface area contributed by atoms with Gasteiger partial charge in [0.2, 0.25) is 11.8 Å². The predicted octanol–water partition coefficient (Wildman–Crippen LogP) is 0.449. The normalized spacial score (nSPS) is 15.1. The SMILES string of the molecule is COCCN(C)CC(=O)N1CCN(c2ccc(OC)cc2)C(=O)C1. The Balaban J connectivity index is 1.89. The van der Waals surface area contributed by atoms with Crippen LogP contribution in [0.25, 0.3) is 0 Å². The van der Waals surface area contributed by atoms with Crippen LogP contribution in [0.3, 0.4) is 0 Å². The van der Waals surface area contributed by atoms with Crippen molar-refractivity contribution < 1.29 is 19.1 Å². The van der Waals surface area contributed by atoms with Crippen LogP contribution in [0.2, 0.25) is 0 Å². The number of likely N-dealkylation sites (N-methyl/N-ethyl adjacent to an activating group) is 1.